The molecular formula is C10H7F4NO3. The van der Waals surface area contributed by atoms with E-state index in [0.717, 1.165) is 6.92 Å². The minimum atomic E-state index is -1.81. The molecule has 1 atom stereocenters. The van der Waals surface area contributed by atoms with Gasteiger partial charge in [-0.3, -0.25) is 9.59 Å². The van der Waals surface area contributed by atoms with E-state index in [4.69, 9.17) is 5.11 Å². The van der Waals surface area contributed by atoms with E-state index in [2.05, 4.69) is 0 Å². The third kappa shape index (κ3) is 2.58. The van der Waals surface area contributed by atoms with Gasteiger partial charge >= 0.3 is 5.97 Å². The molecule has 0 bridgehead atoms. The molecule has 1 aromatic carbocycles. The van der Waals surface area contributed by atoms with E-state index >= 15 is 0 Å². The first-order valence-corrected chi connectivity index (χ1v) is 4.62. The van der Waals surface area contributed by atoms with Gasteiger partial charge in [0, 0.05) is 6.07 Å². The third-order valence-electron chi connectivity index (χ3n) is 2.12. The Kier molecular flexibility index (Phi) is 3.89. The lowest BCUT2D eigenvalue weighted by Gasteiger charge is -2.10. The summed E-state index contributed by atoms with van der Waals surface area (Å²) in [5.74, 6) is -11.5. The predicted molar refractivity (Wildman–Crippen MR) is 51.7 cm³/mol. The Morgan fingerprint density at radius 2 is 1.61 bits per heavy atom. The summed E-state index contributed by atoms with van der Waals surface area (Å²) in [6.07, 6.45) is 0. The summed E-state index contributed by atoms with van der Waals surface area (Å²) in [5.41, 5.74) is -1.36. The van der Waals surface area contributed by atoms with Gasteiger partial charge in [-0.25, -0.2) is 17.6 Å². The number of hydrogen-bond donors (Lipinski definition) is 2. The minimum absolute atomic E-state index is 0.0268. The molecule has 0 aromatic heterocycles. The van der Waals surface area contributed by atoms with Gasteiger partial charge in [0.1, 0.15) is 11.6 Å². The molecule has 8 heteroatoms. The summed E-state index contributed by atoms with van der Waals surface area (Å²) < 4.78 is 51.8. The summed E-state index contributed by atoms with van der Waals surface area (Å²) >= 11 is 0. The van der Waals surface area contributed by atoms with Crippen LogP contribution in [-0.2, 0) is 9.59 Å². The van der Waals surface area contributed by atoms with Gasteiger partial charge in [-0.2, -0.15) is 0 Å². The van der Waals surface area contributed by atoms with Crippen molar-refractivity contribution in [2.45, 2.75) is 6.92 Å². The van der Waals surface area contributed by atoms with Crippen LogP contribution in [-0.4, -0.2) is 17.0 Å². The van der Waals surface area contributed by atoms with Gasteiger partial charge in [0.15, 0.2) is 23.3 Å². The fourth-order valence-corrected chi connectivity index (χ4v) is 1.03. The largest absolute Gasteiger partial charge is 0.481 e. The average molecular weight is 265 g/mol. The van der Waals surface area contributed by atoms with Crippen LogP contribution in [0.2, 0.25) is 0 Å². The number of halogens is 4. The number of benzene rings is 1. The van der Waals surface area contributed by atoms with Crippen LogP contribution in [0.3, 0.4) is 0 Å². The van der Waals surface area contributed by atoms with Crippen LogP contribution in [0.25, 0.3) is 0 Å². The predicted octanol–water partition coefficient (Wildman–Crippen LogP) is 1.90. The van der Waals surface area contributed by atoms with Gasteiger partial charge < -0.3 is 10.4 Å². The fourth-order valence-electron chi connectivity index (χ4n) is 1.03. The molecule has 1 aromatic rings. The van der Waals surface area contributed by atoms with Gasteiger partial charge in [0.2, 0.25) is 5.91 Å². The smallest absolute Gasteiger partial charge is 0.315 e. The van der Waals surface area contributed by atoms with Crippen molar-refractivity contribution in [2.75, 3.05) is 5.32 Å². The highest BCUT2D eigenvalue weighted by molar-refractivity contribution is 6.03. The van der Waals surface area contributed by atoms with E-state index in [9.17, 15) is 27.2 Å². The molecule has 0 fully saturated rings. The molecule has 98 valence electrons. The first-order valence-electron chi connectivity index (χ1n) is 4.62. The lowest BCUT2D eigenvalue weighted by Crippen LogP contribution is -2.28. The maximum Gasteiger partial charge on any atom is 0.315 e. The van der Waals surface area contributed by atoms with Crippen molar-refractivity contribution in [3.05, 3.63) is 29.3 Å². The Hall–Kier alpha value is -2.12. The van der Waals surface area contributed by atoms with E-state index in [1.807, 2.05) is 0 Å². The van der Waals surface area contributed by atoms with Gasteiger partial charge in [-0.1, -0.05) is 0 Å². The Morgan fingerprint density at radius 1 is 1.17 bits per heavy atom. The van der Waals surface area contributed by atoms with E-state index in [1.54, 1.807) is 0 Å². The lowest BCUT2D eigenvalue weighted by atomic mass is 10.1. The van der Waals surface area contributed by atoms with Crippen molar-refractivity contribution < 1.29 is 32.3 Å². The molecule has 0 aliphatic carbocycles. The molecule has 4 nitrogen and oxygen atoms in total. The molecular weight excluding hydrogens is 258 g/mol. The number of carboxylic acid groups (broad SMARTS) is 1. The number of amides is 1. The highest BCUT2D eigenvalue weighted by Crippen LogP contribution is 2.24. The maximum atomic E-state index is 13.1. The minimum Gasteiger partial charge on any atom is -0.481 e. The summed E-state index contributed by atoms with van der Waals surface area (Å²) in [6.45, 7) is 0.948. The number of carbonyl (C=O) groups is 2. The van der Waals surface area contributed by atoms with E-state index in [-0.39, 0.29) is 6.07 Å². The first kappa shape index (κ1) is 13.9. The van der Waals surface area contributed by atoms with E-state index in [0.29, 0.717) is 0 Å². The number of carboxylic acids is 1. The zero-order valence-corrected chi connectivity index (χ0v) is 8.93. The molecule has 1 unspecified atom stereocenters. The molecule has 0 radical (unpaired) electrons. The second kappa shape index (κ2) is 5.03. The second-order valence-corrected chi connectivity index (χ2v) is 3.39. The lowest BCUT2D eigenvalue weighted by molar-refractivity contribution is -0.144. The van der Waals surface area contributed by atoms with Gasteiger partial charge in [0.25, 0.3) is 0 Å². The zero-order valence-electron chi connectivity index (χ0n) is 8.93. The van der Waals surface area contributed by atoms with E-state index in [1.165, 1.54) is 5.32 Å². The van der Waals surface area contributed by atoms with Crippen LogP contribution in [0.15, 0.2) is 6.07 Å². The van der Waals surface area contributed by atoms with Crippen molar-refractivity contribution in [3.8, 4) is 0 Å². The van der Waals surface area contributed by atoms with Crippen LogP contribution >= 0.6 is 0 Å². The molecule has 1 amide bonds. The fraction of sp³-hybridized carbons (Fsp3) is 0.200. The molecule has 2 N–H and O–H groups in total. The molecule has 0 aliphatic rings. The summed E-state index contributed by atoms with van der Waals surface area (Å²) in [5, 5.41) is 9.97. The number of anilines is 1. The maximum absolute atomic E-state index is 13.1. The third-order valence-corrected chi connectivity index (χ3v) is 2.12. The van der Waals surface area contributed by atoms with Gasteiger partial charge in [-0.15, -0.1) is 0 Å². The number of aliphatic carboxylic acids is 1. The van der Waals surface area contributed by atoms with Crippen LogP contribution in [0.4, 0.5) is 23.2 Å². The van der Waals surface area contributed by atoms with E-state index < -0.39 is 46.8 Å². The second-order valence-electron chi connectivity index (χ2n) is 3.39. The van der Waals surface area contributed by atoms with Crippen molar-refractivity contribution in [1.82, 2.24) is 0 Å². The van der Waals surface area contributed by atoms with Crippen molar-refractivity contribution in [2.24, 2.45) is 5.92 Å². The molecule has 18 heavy (non-hydrogen) atoms. The molecule has 0 aliphatic heterocycles. The van der Waals surface area contributed by atoms with Crippen molar-refractivity contribution in [1.29, 1.82) is 0 Å². The molecule has 0 spiro atoms. The Balaban J connectivity index is 3.12. The molecule has 0 heterocycles. The summed E-state index contributed by atoms with van der Waals surface area (Å²) in [4.78, 5) is 21.6. The van der Waals surface area contributed by atoms with Crippen LogP contribution in [0.5, 0.6) is 0 Å². The topological polar surface area (TPSA) is 66.4 Å². The highest BCUT2D eigenvalue weighted by atomic mass is 19.2. The van der Waals surface area contributed by atoms with Crippen molar-refractivity contribution in [3.63, 3.8) is 0 Å². The number of carbonyl (C=O) groups excluding carboxylic acids is 1. The van der Waals surface area contributed by atoms with Gasteiger partial charge in [-0.05, 0) is 6.92 Å². The molecule has 0 saturated heterocycles. The SMILES string of the molecule is CC(C(=O)O)C(=O)Nc1c(F)c(F)cc(F)c1F. The van der Waals surface area contributed by atoms with Crippen molar-refractivity contribution >= 4 is 17.6 Å². The molecule has 1 rings (SSSR count). The average Bonchev–Trinajstić information content (AvgIpc) is 2.30. The first-order chi connectivity index (χ1) is 8.25. The van der Waals surface area contributed by atoms with Gasteiger partial charge in [0.05, 0.1) is 0 Å². The molecule has 0 saturated carbocycles. The zero-order chi connectivity index (χ0) is 14.0. The number of rotatable bonds is 3. The standard InChI is InChI=1S/C10H7F4NO3/c1-3(10(17)18)9(16)15-8-6(13)4(11)2-5(12)7(8)14/h2-3H,1H3,(H,15,16)(H,17,18). The van der Waals surface area contributed by atoms with Crippen LogP contribution < -0.4 is 5.32 Å². The number of nitrogens with one attached hydrogen (secondary N) is 1. The monoisotopic (exact) mass is 265 g/mol. The quantitative estimate of drug-likeness (QED) is 0.498. The Labute approximate surface area is 98.2 Å². The summed E-state index contributed by atoms with van der Waals surface area (Å²) in [7, 11) is 0. The number of hydrogen-bond acceptors (Lipinski definition) is 2. The highest BCUT2D eigenvalue weighted by Gasteiger charge is 2.25. The normalized spacial score (nSPS) is 12.1. The van der Waals surface area contributed by atoms with Crippen LogP contribution in [0.1, 0.15) is 6.92 Å². The Morgan fingerprint density at radius 3 is 2.00 bits per heavy atom. The Bertz CT molecular complexity index is 492. The van der Waals surface area contributed by atoms with Crippen LogP contribution in [0, 0.1) is 29.2 Å². The summed E-state index contributed by atoms with van der Waals surface area (Å²) in [6, 6.07) is -0.0268.